The van der Waals surface area contributed by atoms with Crippen molar-refractivity contribution in [3.8, 4) is 0 Å². The predicted molar refractivity (Wildman–Crippen MR) is 50.5 cm³/mol. The summed E-state index contributed by atoms with van der Waals surface area (Å²) in [6, 6.07) is 0. The van der Waals surface area contributed by atoms with Crippen LogP contribution >= 0.6 is 0 Å². The molecule has 2 aliphatic rings. The Kier molecular flexibility index (Phi) is 2.14. The van der Waals surface area contributed by atoms with Crippen LogP contribution in [0.3, 0.4) is 0 Å². The van der Waals surface area contributed by atoms with Crippen molar-refractivity contribution in [2.45, 2.75) is 44.9 Å². The highest BCUT2D eigenvalue weighted by Gasteiger charge is 2.47. The number of hydrogen-bond acceptors (Lipinski definition) is 1. The van der Waals surface area contributed by atoms with E-state index in [4.69, 9.17) is 0 Å². The Hall–Kier alpha value is -0.790. The van der Waals surface area contributed by atoms with E-state index in [2.05, 4.69) is 6.08 Å². The molecule has 0 aromatic carbocycles. The zero-order valence-corrected chi connectivity index (χ0v) is 7.88. The first-order chi connectivity index (χ1) is 6.26. The molecular formula is C11H16O2. The fourth-order valence-electron chi connectivity index (χ4n) is 2.48. The zero-order valence-electron chi connectivity index (χ0n) is 7.88. The van der Waals surface area contributed by atoms with Crippen LogP contribution in [0, 0.1) is 5.41 Å². The molecule has 0 radical (unpaired) electrons. The Bertz CT molecular complexity index is 249. The van der Waals surface area contributed by atoms with Crippen LogP contribution < -0.4 is 0 Å². The molecule has 0 spiro atoms. The Labute approximate surface area is 78.6 Å². The average Bonchev–Trinajstić information content (AvgIpc) is 2.03. The topological polar surface area (TPSA) is 37.3 Å². The first kappa shape index (κ1) is 8.79. The molecule has 1 fully saturated rings. The first-order valence-electron chi connectivity index (χ1n) is 5.19. The van der Waals surface area contributed by atoms with Crippen molar-refractivity contribution in [2.75, 3.05) is 0 Å². The molecule has 0 amide bonds. The minimum absolute atomic E-state index is 0.430. The van der Waals surface area contributed by atoms with Gasteiger partial charge in [0.1, 0.15) is 0 Å². The summed E-state index contributed by atoms with van der Waals surface area (Å²) in [5.41, 5.74) is 0.790. The van der Waals surface area contributed by atoms with E-state index in [9.17, 15) is 9.90 Å². The Morgan fingerprint density at radius 3 is 2.46 bits per heavy atom. The van der Waals surface area contributed by atoms with Crippen LogP contribution in [0.2, 0.25) is 0 Å². The molecule has 0 heterocycles. The molecule has 0 atom stereocenters. The van der Waals surface area contributed by atoms with Gasteiger partial charge in [-0.3, -0.25) is 4.79 Å². The van der Waals surface area contributed by atoms with Gasteiger partial charge in [0.05, 0.1) is 5.41 Å². The van der Waals surface area contributed by atoms with Gasteiger partial charge < -0.3 is 5.11 Å². The van der Waals surface area contributed by atoms with E-state index < -0.39 is 11.4 Å². The maximum Gasteiger partial charge on any atom is 0.313 e. The van der Waals surface area contributed by atoms with E-state index in [1.807, 2.05) is 0 Å². The van der Waals surface area contributed by atoms with E-state index in [0.717, 1.165) is 32.1 Å². The van der Waals surface area contributed by atoms with E-state index in [-0.39, 0.29) is 0 Å². The van der Waals surface area contributed by atoms with Gasteiger partial charge in [0, 0.05) is 0 Å². The number of aliphatic carboxylic acids is 1. The van der Waals surface area contributed by atoms with Gasteiger partial charge in [-0.2, -0.15) is 0 Å². The first-order valence-corrected chi connectivity index (χ1v) is 5.19. The Balaban J connectivity index is 2.20. The second kappa shape index (κ2) is 3.17. The number of allylic oxidation sites excluding steroid dienone is 1. The third-order valence-corrected chi connectivity index (χ3v) is 3.52. The second-order valence-corrected chi connectivity index (χ2v) is 4.22. The normalized spacial score (nSPS) is 26.0. The summed E-state index contributed by atoms with van der Waals surface area (Å²) >= 11 is 0. The van der Waals surface area contributed by atoms with Gasteiger partial charge in [0.25, 0.3) is 0 Å². The Morgan fingerprint density at radius 1 is 1.31 bits per heavy atom. The summed E-state index contributed by atoms with van der Waals surface area (Å²) in [6.45, 7) is 0. The minimum atomic E-state index is -0.591. The van der Waals surface area contributed by atoms with Crippen LogP contribution in [0.5, 0.6) is 0 Å². The van der Waals surface area contributed by atoms with E-state index in [1.54, 1.807) is 0 Å². The number of hydrogen-bond donors (Lipinski definition) is 1. The zero-order chi connectivity index (χ0) is 9.31. The molecule has 2 heteroatoms. The van der Waals surface area contributed by atoms with Crippen molar-refractivity contribution in [2.24, 2.45) is 5.41 Å². The molecular weight excluding hydrogens is 164 g/mol. The van der Waals surface area contributed by atoms with Crippen LogP contribution in [0.25, 0.3) is 0 Å². The van der Waals surface area contributed by atoms with Gasteiger partial charge in [-0.15, -0.1) is 0 Å². The smallest absolute Gasteiger partial charge is 0.313 e. The lowest BCUT2D eigenvalue weighted by Gasteiger charge is -2.41. The highest BCUT2D eigenvalue weighted by molar-refractivity contribution is 5.79. The number of carboxylic acid groups (broad SMARTS) is 1. The lowest BCUT2D eigenvalue weighted by Crippen LogP contribution is -2.40. The lowest BCUT2D eigenvalue weighted by molar-refractivity contribution is -0.151. The second-order valence-electron chi connectivity index (χ2n) is 4.22. The number of rotatable bonds is 2. The van der Waals surface area contributed by atoms with Crippen molar-refractivity contribution in [3.05, 3.63) is 11.6 Å². The maximum atomic E-state index is 11.2. The quantitative estimate of drug-likeness (QED) is 0.663. The van der Waals surface area contributed by atoms with Gasteiger partial charge in [-0.1, -0.05) is 18.1 Å². The molecule has 1 saturated carbocycles. The van der Waals surface area contributed by atoms with Gasteiger partial charge in [0.15, 0.2) is 0 Å². The lowest BCUT2D eigenvalue weighted by atomic mass is 9.62. The van der Waals surface area contributed by atoms with Gasteiger partial charge in [-0.05, 0) is 38.5 Å². The van der Waals surface area contributed by atoms with Gasteiger partial charge >= 0.3 is 5.97 Å². The number of carbonyl (C=O) groups is 1. The van der Waals surface area contributed by atoms with Crippen molar-refractivity contribution in [3.63, 3.8) is 0 Å². The third kappa shape index (κ3) is 1.28. The third-order valence-electron chi connectivity index (χ3n) is 3.52. The summed E-state index contributed by atoms with van der Waals surface area (Å²) in [5.74, 6) is -0.591. The Morgan fingerprint density at radius 2 is 2.08 bits per heavy atom. The monoisotopic (exact) mass is 180 g/mol. The molecule has 72 valence electrons. The van der Waals surface area contributed by atoms with Crippen LogP contribution in [0.4, 0.5) is 0 Å². The van der Waals surface area contributed by atoms with Crippen molar-refractivity contribution in [1.82, 2.24) is 0 Å². The van der Waals surface area contributed by atoms with Crippen molar-refractivity contribution in [1.29, 1.82) is 0 Å². The SMILES string of the molecule is O=C(O)C1(C2=CCCCC2)CCC1. The highest BCUT2D eigenvalue weighted by atomic mass is 16.4. The molecule has 2 aliphatic carbocycles. The largest absolute Gasteiger partial charge is 0.481 e. The molecule has 0 aromatic heterocycles. The summed E-state index contributed by atoms with van der Waals surface area (Å²) in [6.07, 6.45) is 9.53. The van der Waals surface area contributed by atoms with Crippen LogP contribution in [0.1, 0.15) is 44.9 Å². The van der Waals surface area contributed by atoms with Crippen LogP contribution in [-0.2, 0) is 4.79 Å². The van der Waals surface area contributed by atoms with Gasteiger partial charge in [-0.25, -0.2) is 0 Å². The summed E-state index contributed by atoms with van der Waals surface area (Å²) in [5, 5.41) is 9.20. The fourth-order valence-corrected chi connectivity index (χ4v) is 2.48. The average molecular weight is 180 g/mol. The van der Waals surface area contributed by atoms with Crippen LogP contribution in [-0.4, -0.2) is 11.1 Å². The predicted octanol–water partition coefficient (Wildman–Crippen LogP) is 2.74. The molecule has 2 nitrogen and oxygen atoms in total. The molecule has 0 bridgehead atoms. The minimum Gasteiger partial charge on any atom is -0.481 e. The summed E-state index contributed by atoms with van der Waals surface area (Å²) < 4.78 is 0. The van der Waals surface area contributed by atoms with Crippen molar-refractivity contribution < 1.29 is 9.90 Å². The molecule has 0 aliphatic heterocycles. The molecule has 0 unspecified atom stereocenters. The summed E-state index contributed by atoms with van der Waals surface area (Å²) in [7, 11) is 0. The molecule has 13 heavy (non-hydrogen) atoms. The fraction of sp³-hybridized carbons (Fsp3) is 0.727. The van der Waals surface area contributed by atoms with Crippen LogP contribution in [0.15, 0.2) is 11.6 Å². The van der Waals surface area contributed by atoms with Crippen molar-refractivity contribution >= 4 is 5.97 Å². The molecule has 0 aromatic rings. The van der Waals surface area contributed by atoms with E-state index in [0.29, 0.717) is 0 Å². The molecule has 1 N–H and O–H groups in total. The number of carboxylic acids is 1. The molecule has 2 rings (SSSR count). The van der Waals surface area contributed by atoms with Gasteiger partial charge in [0.2, 0.25) is 0 Å². The highest BCUT2D eigenvalue weighted by Crippen LogP contribution is 2.49. The summed E-state index contributed by atoms with van der Waals surface area (Å²) in [4.78, 5) is 11.2. The standard InChI is InChI=1S/C11H16O2/c12-10(13)11(7-4-8-11)9-5-2-1-3-6-9/h5H,1-4,6-8H2,(H,12,13). The molecule has 0 saturated heterocycles. The van der Waals surface area contributed by atoms with E-state index in [1.165, 1.54) is 18.4 Å². The van der Waals surface area contributed by atoms with E-state index >= 15 is 0 Å². The maximum absolute atomic E-state index is 11.2.